The molecule has 0 spiro atoms. The number of nitrogens with zero attached hydrogens (tertiary/aromatic N) is 4. The zero-order valence-electron chi connectivity index (χ0n) is 14.1. The van der Waals surface area contributed by atoms with Crippen LogP contribution in [0.3, 0.4) is 0 Å². The molecule has 3 heterocycles. The topological polar surface area (TPSA) is 64.7 Å². The van der Waals surface area contributed by atoms with E-state index in [1.54, 1.807) is 29.4 Å². The highest BCUT2D eigenvalue weighted by Gasteiger charge is 2.15. The molecule has 0 atom stereocenters. The zero-order valence-corrected chi connectivity index (χ0v) is 15.7. The fraction of sp³-hybridized carbons (Fsp3) is 0.222. The van der Waals surface area contributed by atoms with Crippen molar-refractivity contribution in [3.8, 4) is 11.4 Å². The van der Waals surface area contributed by atoms with E-state index in [4.69, 9.17) is 4.52 Å². The van der Waals surface area contributed by atoms with Gasteiger partial charge in [0.05, 0.1) is 5.75 Å². The molecule has 126 valence electrons. The minimum atomic E-state index is 0.583. The molecule has 7 heteroatoms. The van der Waals surface area contributed by atoms with Gasteiger partial charge in [-0.25, -0.2) is 9.97 Å². The largest absolute Gasteiger partial charge is 0.338 e. The number of fused-ring (bicyclic) bond motifs is 1. The van der Waals surface area contributed by atoms with Crippen LogP contribution in [0.25, 0.3) is 21.6 Å². The molecule has 1 aromatic carbocycles. The fourth-order valence-electron chi connectivity index (χ4n) is 2.64. The number of thiophene rings is 1. The lowest BCUT2D eigenvalue weighted by Gasteiger charge is -2.01. The maximum atomic E-state index is 5.42. The number of aromatic nitrogens is 4. The van der Waals surface area contributed by atoms with Gasteiger partial charge < -0.3 is 4.52 Å². The third kappa shape index (κ3) is 3.05. The van der Waals surface area contributed by atoms with E-state index in [1.165, 1.54) is 10.4 Å². The van der Waals surface area contributed by atoms with E-state index >= 15 is 0 Å². The van der Waals surface area contributed by atoms with E-state index in [-0.39, 0.29) is 0 Å². The van der Waals surface area contributed by atoms with Gasteiger partial charge in [-0.2, -0.15) is 4.98 Å². The molecule has 0 amide bonds. The lowest BCUT2D eigenvalue weighted by molar-refractivity contribution is 0.391. The summed E-state index contributed by atoms with van der Waals surface area (Å²) in [5.41, 5.74) is 3.37. The quantitative estimate of drug-likeness (QED) is 0.375. The van der Waals surface area contributed by atoms with Crippen molar-refractivity contribution in [2.45, 2.75) is 31.6 Å². The van der Waals surface area contributed by atoms with Gasteiger partial charge >= 0.3 is 0 Å². The van der Waals surface area contributed by atoms with Crippen molar-refractivity contribution < 1.29 is 4.52 Å². The maximum Gasteiger partial charge on any atom is 0.237 e. The Bertz CT molecular complexity index is 1050. The second-order valence-corrected chi connectivity index (χ2v) is 7.92. The van der Waals surface area contributed by atoms with Crippen molar-refractivity contribution in [1.82, 2.24) is 20.1 Å². The Morgan fingerprint density at radius 1 is 1.12 bits per heavy atom. The lowest BCUT2D eigenvalue weighted by atomic mass is 10.1. The normalized spacial score (nSPS) is 11.3. The van der Waals surface area contributed by atoms with Crippen molar-refractivity contribution in [2.75, 3.05) is 0 Å². The van der Waals surface area contributed by atoms with E-state index in [2.05, 4.69) is 34.0 Å². The monoisotopic (exact) mass is 368 g/mol. The summed E-state index contributed by atoms with van der Waals surface area (Å²) in [6.45, 7) is 6.27. The third-order valence-corrected chi connectivity index (χ3v) is 6.21. The summed E-state index contributed by atoms with van der Waals surface area (Å²) >= 11 is 3.30. The highest BCUT2D eigenvalue weighted by molar-refractivity contribution is 7.98. The summed E-state index contributed by atoms with van der Waals surface area (Å²) in [6.07, 6.45) is 1.62. The van der Waals surface area contributed by atoms with Crippen LogP contribution < -0.4 is 0 Å². The summed E-state index contributed by atoms with van der Waals surface area (Å²) in [7, 11) is 0. The van der Waals surface area contributed by atoms with Gasteiger partial charge in [0.2, 0.25) is 11.7 Å². The zero-order chi connectivity index (χ0) is 17.4. The molecule has 5 nitrogen and oxygen atoms in total. The Labute approximate surface area is 153 Å². The van der Waals surface area contributed by atoms with Gasteiger partial charge in [0, 0.05) is 15.8 Å². The number of aryl methyl sites for hydroxylation is 3. The van der Waals surface area contributed by atoms with Crippen LogP contribution in [-0.2, 0) is 5.75 Å². The second kappa shape index (κ2) is 6.57. The molecule has 0 N–H and O–H groups in total. The Hall–Kier alpha value is -2.25. The smallest absolute Gasteiger partial charge is 0.237 e. The van der Waals surface area contributed by atoms with Crippen molar-refractivity contribution in [3.63, 3.8) is 0 Å². The van der Waals surface area contributed by atoms with Gasteiger partial charge in [0.15, 0.2) is 0 Å². The molecular formula is C18H16N4OS2. The number of hydrogen-bond donors (Lipinski definition) is 0. The minimum absolute atomic E-state index is 0.583. The molecule has 0 aliphatic rings. The second-order valence-electron chi connectivity index (χ2n) is 5.76. The third-order valence-electron chi connectivity index (χ3n) is 4.12. The van der Waals surface area contributed by atoms with Crippen LogP contribution in [0.4, 0.5) is 0 Å². The molecule has 4 aromatic rings. The van der Waals surface area contributed by atoms with Gasteiger partial charge in [0.25, 0.3) is 0 Å². The number of thioether (sulfide) groups is 1. The average molecular weight is 368 g/mol. The molecule has 0 aliphatic carbocycles. The molecule has 0 bridgehead atoms. The lowest BCUT2D eigenvalue weighted by Crippen LogP contribution is -1.88. The van der Waals surface area contributed by atoms with Gasteiger partial charge in [-0.15, -0.1) is 11.3 Å². The van der Waals surface area contributed by atoms with E-state index < -0.39 is 0 Å². The number of benzene rings is 1. The van der Waals surface area contributed by atoms with Gasteiger partial charge in [-0.05, 0) is 31.9 Å². The van der Waals surface area contributed by atoms with Gasteiger partial charge in [-0.3, -0.25) is 0 Å². The van der Waals surface area contributed by atoms with Crippen LogP contribution in [0.2, 0.25) is 0 Å². The Morgan fingerprint density at radius 2 is 1.96 bits per heavy atom. The number of hydrogen-bond acceptors (Lipinski definition) is 7. The molecule has 3 aromatic heterocycles. The average Bonchev–Trinajstić information content (AvgIpc) is 3.19. The maximum absolute atomic E-state index is 5.42. The predicted molar refractivity (Wildman–Crippen MR) is 101 cm³/mol. The van der Waals surface area contributed by atoms with Crippen molar-refractivity contribution in [1.29, 1.82) is 0 Å². The highest BCUT2D eigenvalue weighted by atomic mass is 32.2. The standard InChI is InChI=1S/C18H16N4OS2/c1-10-6-4-5-7-13(10)16-21-14(23-22-16)8-24-17-15-11(2)12(3)25-18(15)20-9-19-17/h4-7,9H,8H2,1-3H3. The summed E-state index contributed by atoms with van der Waals surface area (Å²) in [5.74, 6) is 1.81. The molecule has 0 fully saturated rings. The Morgan fingerprint density at radius 3 is 2.80 bits per heavy atom. The van der Waals surface area contributed by atoms with Gasteiger partial charge in [-0.1, -0.05) is 41.2 Å². The van der Waals surface area contributed by atoms with Crippen LogP contribution in [-0.4, -0.2) is 20.1 Å². The first-order valence-corrected chi connectivity index (χ1v) is 9.66. The van der Waals surface area contributed by atoms with Gasteiger partial charge in [0.1, 0.15) is 16.2 Å². The van der Waals surface area contributed by atoms with Crippen LogP contribution in [0.5, 0.6) is 0 Å². The van der Waals surface area contributed by atoms with Crippen LogP contribution in [0.15, 0.2) is 40.1 Å². The van der Waals surface area contributed by atoms with E-state index in [0.717, 1.165) is 26.4 Å². The Kier molecular flexibility index (Phi) is 4.27. The first-order chi connectivity index (χ1) is 12.1. The predicted octanol–water partition coefficient (Wildman–Crippen LogP) is 4.96. The van der Waals surface area contributed by atoms with Crippen LogP contribution >= 0.6 is 23.1 Å². The van der Waals surface area contributed by atoms with Crippen molar-refractivity contribution in [2.24, 2.45) is 0 Å². The molecule has 0 saturated carbocycles. The van der Waals surface area contributed by atoms with Crippen molar-refractivity contribution >= 4 is 33.3 Å². The first-order valence-electron chi connectivity index (χ1n) is 7.85. The SMILES string of the molecule is Cc1ccccc1-c1noc(CSc2ncnc3sc(C)c(C)c23)n1. The van der Waals surface area contributed by atoms with E-state index in [9.17, 15) is 0 Å². The molecule has 0 radical (unpaired) electrons. The summed E-state index contributed by atoms with van der Waals surface area (Å²) in [4.78, 5) is 15.6. The molecule has 0 aliphatic heterocycles. The van der Waals surface area contributed by atoms with Crippen molar-refractivity contribution in [3.05, 3.63) is 52.5 Å². The van der Waals surface area contributed by atoms with Crippen LogP contribution in [0, 0.1) is 20.8 Å². The van der Waals surface area contributed by atoms with E-state index in [1.807, 2.05) is 31.2 Å². The summed E-state index contributed by atoms with van der Waals surface area (Å²) in [6, 6.07) is 8.02. The molecule has 25 heavy (non-hydrogen) atoms. The molecule has 0 unspecified atom stereocenters. The fourth-order valence-corrected chi connectivity index (χ4v) is 4.59. The first kappa shape index (κ1) is 16.2. The van der Waals surface area contributed by atoms with E-state index in [0.29, 0.717) is 17.5 Å². The van der Waals surface area contributed by atoms with Crippen LogP contribution in [0.1, 0.15) is 21.9 Å². The number of rotatable bonds is 4. The summed E-state index contributed by atoms with van der Waals surface area (Å²) in [5, 5.41) is 6.21. The summed E-state index contributed by atoms with van der Waals surface area (Å²) < 4.78 is 5.42. The molecule has 4 rings (SSSR count). The Balaban J connectivity index is 1.58. The highest BCUT2D eigenvalue weighted by Crippen LogP contribution is 2.35. The molecule has 0 saturated heterocycles. The molecular weight excluding hydrogens is 352 g/mol. The minimum Gasteiger partial charge on any atom is -0.338 e.